The zero-order valence-electron chi connectivity index (χ0n) is 14.1. The molecule has 5 heterocycles. The molecule has 5 rings (SSSR count). The van der Waals surface area contributed by atoms with Crippen LogP contribution >= 0.6 is 0 Å². The van der Waals surface area contributed by atoms with Gasteiger partial charge in [-0.05, 0) is 25.0 Å². The number of fused-ring (bicyclic) bond motifs is 3. The van der Waals surface area contributed by atoms with Crippen LogP contribution < -0.4 is 4.90 Å². The summed E-state index contributed by atoms with van der Waals surface area (Å²) in [4.78, 5) is 23.6. The van der Waals surface area contributed by atoms with Crippen molar-refractivity contribution in [3.8, 4) is 11.3 Å². The summed E-state index contributed by atoms with van der Waals surface area (Å²) in [6.07, 6.45) is 8.93. The number of aromatic amines is 1. The normalized spacial score (nSPS) is 22.8. The van der Waals surface area contributed by atoms with E-state index >= 15 is 0 Å². The fourth-order valence-corrected chi connectivity index (χ4v) is 4.31. The summed E-state index contributed by atoms with van der Waals surface area (Å²) in [6.45, 7) is 1.78. The molecule has 3 aromatic rings. The van der Waals surface area contributed by atoms with Gasteiger partial charge in [-0.3, -0.25) is 9.48 Å². The largest absolute Gasteiger partial charge is 0.367 e. The lowest BCUT2D eigenvalue weighted by Crippen LogP contribution is -2.53. The first-order valence-corrected chi connectivity index (χ1v) is 8.67. The molecule has 0 aromatic carbocycles. The van der Waals surface area contributed by atoms with Crippen LogP contribution in [0.3, 0.4) is 0 Å². The van der Waals surface area contributed by atoms with E-state index in [1.807, 2.05) is 30.5 Å². The number of hydrogen-bond acceptors (Lipinski definition) is 4. The van der Waals surface area contributed by atoms with Crippen LogP contribution in [0.25, 0.3) is 22.3 Å². The molecular weight excluding hydrogens is 316 g/mol. The molecule has 7 heteroatoms. The lowest BCUT2D eigenvalue weighted by Gasteiger charge is -2.40. The van der Waals surface area contributed by atoms with Gasteiger partial charge in [0.1, 0.15) is 5.65 Å². The molecule has 1 amide bonds. The number of pyridine rings is 1. The molecule has 2 aliphatic rings. The van der Waals surface area contributed by atoms with E-state index in [1.54, 1.807) is 4.68 Å². The number of rotatable bonds is 3. The summed E-state index contributed by atoms with van der Waals surface area (Å²) in [5.41, 5.74) is 4.16. The minimum Gasteiger partial charge on any atom is -0.367 e. The molecule has 0 spiro atoms. The number of carbonyl (C=O) groups excluding carboxylic acids is 1. The Bertz CT molecular complexity index is 930. The highest BCUT2D eigenvalue weighted by Crippen LogP contribution is 2.35. The highest BCUT2D eigenvalue weighted by Gasteiger charge is 2.39. The quantitative estimate of drug-likeness (QED) is 0.740. The fraction of sp³-hybridized carbons (Fsp3) is 0.389. The first kappa shape index (κ1) is 14.5. The van der Waals surface area contributed by atoms with E-state index in [0.29, 0.717) is 12.1 Å². The maximum Gasteiger partial charge on any atom is 0.210 e. The van der Waals surface area contributed by atoms with Crippen molar-refractivity contribution in [1.29, 1.82) is 0 Å². The molecule has 2 unspecified atom stereocenters. The van der Waals surface area contributed by atoms with Crippen molar-refractivity contribution in [2.24, 2.45) is 7.05 Å². The summed E-state index contributed by atoms with van der Waals surface area (Å²) >= 11 is 0. The highest BCUT2D eigenvalue weighted by atomic mass is 16.1. The number of hydrogen-bond donors (Lipinski definition) is 1. The number of anilines is 1. The predicted octanol–water partition coefficient (Wildman–Crippen LogP) is 1.77. The molecule has 128 valence electrons. The van der Waals surface area contributed by atoms with Crippen molar-refractivity contribution >= 4 is 23.1 Å². The van der Waals surface area contributed by atoms with Crippen molar-refractivity contribution in [3.63, 3.8) is 0 Å². The molecule has 1 N–H and O–H groups in total. The van der Waals surface area contributed by atoms with Gasteiger partial charge in [-0.15, -0.1) is 0 Å². The average Bonchev–Trinajstić information content (AvgIpc) is 3.29. The number of piperazine rings is 1. The van der Waals surface area contributed by atoms with Crippen molar-refractivity contribution in [1.82, 2.24) is 24.6 Å². The number of nitrogens with one attached hydrogen (secondary N) is 1. The Morgan fingerprint density at radius 1 is 1.28 bits per heavy atom. The number of amides is 1. The number of nitrogens with zero attached hydrogens (tertiary/aromatic N) is 5. The minimum atomic E-state index is 0.330. The topological polar surface area (TPSA) is 70.1 Å². The molecule has 2 atom stereocenters. The zero-order chi connectivity index (χ0) is 17.0. The first-order chi connectivity index (χ1) is 12.2. The summed E-state index contributed by atoms with van der Waals surface area (Å²) < 4.78 is 1.80. The van der Waals surface area contributed by atoms with Crippen molar-refractivity contribution < 1.29 is 4.79 Å². The Morgan fingerprint density at radius 3 is 2.76 bits per heavy atom. The second-order valence-electron chi connectivity index (χ2n) is 7.02. The number of carbonyl (C=O) groups is 1. The van der Waals surface area contributed by atoms with E-state index in [-0.39, 0.29) is 0 Å². The molecule has 3 aromatic heterocycles. The molecule has 25 heavy (non-hydrogen) atoms. The van der Waals surface area contributed by atoms with Crippen LogP contribution in [-0.2, 0) is 11.8 Å². The van der Waals surface area contributed by atoms with Crippen LogP contribution in [0, 0.1) is 0 Å². The molecule has 0 aliphatic carbocycles. The molecular formula is C18H20N6O. The van der Waals surface area contributed by atoms with E-state index < -0.39 is 0 Å². The van der Waals surface area contributed by atoms with Gasteiger partial charge in [0.05, 0.1) is 11.9 Å². The van der Waals surface area contributed by atoms with Gasteiger partial charge < -0.3 is 14.8 Å². The van der Waals surface area contributed by atoms with Crippen LogP contribution in [0.5, 0.6) is 0 Å². The van der Waals surface area contributed by atoms with Crippen LogP contribution in [0.4, 0.5) is 5.69 Å². The van der Waals surface area contributed by atoms with Crippen molar-refractivity contribution in [3.05, 3.63) is 30.7 Å². The summed E-state index contributed by atoms with van der Waals surface area (Å²) in [5, 5.41) is 5.37. The Labute approximate surface area is 145 Å². The van der Waals surface area contributed by atoms with Gasteiger partial charge in [0.25, 0.3) is 0 Å². The first-order valence-electron chi connectivity index (χ1n) is 8.67. The van der Waals surface area contributed by atoms with Gasteiger partial charge in [-0.2, -0.15) is 5.10 Å². The Kier molecular flexibility index (Phi) is 3.10. The highest BCUT2D eigenvalue weighted by molar-refractivity contribution is 5.93. The van der Waals surface area contributed by atoms with E-state index in [4.69, 9.17) is 0 Å². The maximum absolute atomic E-state index is 11.3. The van der Waals surface area contributed by atoms with E-state index in [9.17, 15) is 4.79 Å². The monoisotopic (exact) mass is 336 g/mol. The van der Waals surface area contributed by atoms with Crippen LogP contribution in [0.1, 0.15) is 12.8 Å². The molecule has 2 aliphatic heterocycles. The third kappa shape index (κ3) is 2.22. The minimum absolute atomic E-state index is 0.330. The van der Waals surface area contributed by atoms with Gasteiger partial charge in [0, 0.05) is 61.3 Å². The summed E-state index contributed by atoms with van der Waals surface area (Å²) in [7, 11) is 1.91. The van der Waals surface area contributed by atoms with Crippen LogP contribution in [-0.4, -0.2) is 56.2 Å². The zero-order valence-corrected chi connectivity index (χ0v) is 14.1. The van der Waals surface area contributed by atoms with Crippen LogP contribution in [0.2, 0.25) is 0 Å². The average molecular weight is 336 g/mol. The smallest absolute Gasteiger partial charge is 0.210 e. The molecule has 7 nitrogen and oxygen atoms in total. The number of aromatic nitrogens is 4. The van der Waals surface area contributed by atoms with Crippen molar-refractivity contribution in [2.75, 3.05) is 18.0 Å². The standard InChI is InChI=1S/C18H20N6O/c1-22-8-12(7-20-22)16-6-15-17(4-5-19-18(15)21-16)23-9-13-2-3-14(10-23)24(13)11-25/h4-8,11,13-14H,2-3,9-10H2,1H3,(H,19,21). The van der Waals surface area contributed by atoms with Gasteiger partial charge in [-0.25, -0.2) is 4.98 Å². The third-order valence-corrected chi connectivity index (χ3v) is 5.53. The summed E-state index contributed by atoms with van der Waals surface area (Å²) in [5.74, 6) is 0. The van der Waals surface area contributed by atoms with Gasteiger partial charge >= 0.3 is 0 Å². The number of H-pyrrole nitrogens is 1. The van der Waals surface area contributed by atoms with Gasteiger partial charge in [0.15, 0.2) is 0 Å². The van der Waals surface area contributed by atoms with Crippen molar-refractivity contribution in [2.45, 2.75) is 24.9 Å². The third-order valence-electron chi connectivity index (χ3n) is 5.53. The lowest BCUT2D eigenvalue weighted by atomic mass is 10.1. The van der Waals surface area contributed by atoms with E-state index in [1.165, 1.54) is 5.69 Å². The molecule has 0 saturated carbocycles. The van der Waals surface area contributed by atoms with Gasteiger partial charge in [0.2, 0.25) is 6.41 Å². The molecule has 2 bridgehead atoms. The molecule has 0 radical (unpaired) electrons. The number of aryl methyl sites for hydroxylation is 1. The molecule has 2 fully saturated rings. The van der Waals surface area contributed by atoms with E-state index in [0.717, 1.165) is 54.6 Å². The predicted molar refractivity (Wildman–Crippen MR) is 95.2 cm³/mol. The maximum atomic E-state index is 11.3. The second kappa shape index (κ2) is 5.34. The second-order valence-corrected chi connectivity index (χ2v) is 7.02. The fourth-order valence-electron chi connectivity index (χ4n) is 4.31. The van der Waals surface area contributed by atoms with Gasteiger partial charge in [-0.1, -0.05) is 0 Å². The van der Waals surface area contributed by atoms with E-state index in [2.05, 4.69) is 32.1 Å². The summed E-state index contributed by atoms with van der Waals surface area (Å²) in [6, 6.07) is 4.90. The van der Waals surface area contributed by atoms with Crippen LogP contribution in [0.15, 0.2) is 30.7 Å². The Morgan fingerprint density at radius 2 is 2.08 bits per heavy atom. The lowest BCUT2D eigenvalue weighted by molar-refractivity contribution is -0.121. The SMILES string of the molecule is Cn1cc(-c2cc3c(N4CC5CCC(C4)N5C=O)ccnc3[nH]2)cn1. The Balaban J connectivity index is 1.54. The molecule has 2 saturated heterocycles. The Hall–Kier alpha value is -2.83.